The van der Waals surface area contributed by atoms with Crippen molar-refractivity contribution in [3.63, 3.8) is 0 Å². The first-order chi connectivity index (χ1) is 10.3. The Balaban J connectivity index is 1.62. The molecule has 2 aromatic rings. The zero-order valence-electron chi connectivity index (χ0n) is 11.6. The highest BCUT2D eigenvalue weighted by Crippen LogP contribution is 2.66. The summed E-state index contributed by atoms with van der Waals surface area (Å²) in [6, 6.07) is 19.2. The minimum absolute atomic E-state index is 0.268. The van der Waals surface area contributed by atoms with Gasteiger partial charge < -0.3 is 9.47 Å². The maximum atomic E-state index is 12.6. The highest BCUT2D eigenvalue weighted by atomic mass is 16.7. The number of para-hydroxylation sites is 1. The predicted molar refractivity (Wildman–Crippen MR) is 77.9 cm³/mol. The minimum atomic E-state index is -0.788. The van der Waals surface area contributed by atoms with Gasteiger partial charge in [-0.25, -0.2) is 4.79 Å². The number of benzene rings is 2. The van der Waals surface area contributed by atoms with E-state index in [9.17, 15) is 4.79 Å². The number of rotatable bonds is 3. The van der Waals surface area contributed by atoms with Crippen molar-refractivity contribution in [2.24, 2.45) is 0 Å². The molecule has 4 rings (SSSR count). The van der Waals surface area contributed by atoms with Crippen LogP contribution in [0.1, 0.15) is 24.8 Å². The van der Waals surface area contributed by atoms with Gasteiger partial charge in [0.25, 0.3) is 0 Å². The van der Waals surface area contributed by atoms with E-state index in [-0.39, 0.29) is 5.97 Å². The van der Waals surface area contributed by atoms with E-state index in [0.29, 0.717) is 5.75 Å². The standard InChI is InChI=1S/C18H16O3/c19-16(20-15-10-5-2-6-11-15)18-13-7-12-17(18,21-18)14-8-3-1-4-9-14/h1-6,8-11H,7,12-13H2. The van der Waals surface area contributed by atoms with Crippen molar-refractivity contribution < 1.29 is 14.3 Å². The molecule has 3 heteroatoms. The third-order valence-electron chi connectivity index (χ3n) is 4.54. The molecule has 2 atom stereocenters. The molecule has 2 unspecified atom stereocenters. The maximum absolute atomic E-state index is 12.6. The maximum Gasteiger partial charge on any atom is 0.347 e. The lowest BCUT2D eigenvalue weighted by Crippen LogP contribution is -2.32. The lowest BCUT2D eigenvalue weighted by atomic mass is 9.89. The Morgan fingerprint density at radius 3 is 2.33 bits per heavy atom. The van der Waals surface area contributed by atoms with Gasteiger partial charge in [0, 0.05) is 0 Å². The summed E-state index contributed by atoms with van der Waals surface area (Å²) < 4.78 is 11.5. The molecular formula is C18H16O3. The van der Waals surface area contributed by atoms with Crippen LogP contribution in [0.2, 0.25) is 0 Å². The van der Waals surface area contributed by atoms with E-state index >= 15 is 0 Å². The van der Waals surface area contributed by atoms with E-state index < -0.39 is 11.2 Å². The van der Waals surface area contributed by atoms with Crippen molar-refractivity contribution in [1.29, 1.82) is 0 Å². The SMILES string of the molecule is O=C(Oc1ccccc1)C12CCCC1(c1ccccc1)O2. The molecule has 2 fully saturated rings. The molecule has 0 amide bonds. The average Bonchev–Trinajstić information content (AvgIpc) is 3.07. The zero-order chi connectivity index (χ0) is 14.3. The molecule has 1 heterocycles. The molecule has 2 aromatic carbocycles. The van der Waals surface area contributed by atoms with Crippen molar-refractivity contribution in [3.8, 4) is 5.75 Å². The lowest BCUT2D eigenvalue weighted by molar-refractivity contribution is -0.140. The average molecular weight is 280 g/mol. The third-order valence-corrected chi connectivity index (χ3v) is 4.54. The zero-order valence-corrected chi connectivity index (χ0v) is 11.6. The van der Waals surface area contributed by atoms with E-state index in [0.717, 1.165) is 24.8 Å². The van der Waals surface area contributed by atoms with Gasteiger partial charge in [-0.2, -0.15) is 0 Å². The number of esters is 1. The van der Waals surface area contributed by atoms with Crippen molar-refractivity contribution in [3.05, 3.63) is 66.2 Å². The number of epoxide rings is 1. The topological polar surface area (TPSA) is 38.8 Å². The van der Waals surface area contributed by atoms with Crippen molar-refractivity contribution >= 4 is 5.97 Å². The second-order valence-electron chi connectivity index (χ2n) is 5.68. The summed E-state index contributed by atoms with van der Waals surface area (Å²) in [5.41, 5.74) is -0.183. The van der Waals surface area contributed by atoms with Crippen LogP contribution in [0.25, 0.3) is 0 Å². The molecule has 0 bridgehead atoms. The van der Waals surface area contributed by atoms with Gasteiger partial charge in [-0.15, -0.1) is 0 Å². The summed E-state index contributed by atoms with van der Waals surface area (Å²) in [6.07, 6.45) is 2.59. The van der Waals surface area contributed by atoms with E-state index in [1.807, 2.05) is 48.5 Å². The predicted octanol–water partition coefficient (Wildman–Crippen LogP) is 3.44. The molecular weight excluding hydrogens is 264 g/mol. The van der Waals surface area contributed by atoms with Gasteiger partial charge in [0.1, 0.15) is 11.4 Å². The number of fused-ring (bicyclic) bond motifs is 1. The molecule has 106 valence electrons. The van der Waals surface area contributed by atoms with Gasteiger partial charge in [0.05, 0.1) is 0 Å². The van der Waals surface area contributed by atoms with Crippen LogP contribution in [-0.4, -0.2) is 11.6 Å². The first-order valence-electron chi connectivity index (χ1n) is 7.30. The largest absolute Gasteiger partial charge is 0.424 e. The number of ether oxygens (including phenoxy) is 2. The smallest absolute Gasteiger partial charge is 0.347 e. The van der Waals surface area contributed by atoms with Gasteiger partial charge in [-0.05, 0) is 37.0 Å². The fourth-order valence-electron chi connectivity index (χ4n) is 3.49. The summed E-state index contributed by atoms with van der Waals surface area (Å²) in [5, 5.41) is 0. The number of carbonyl (C=O) groups is 1. The van der Waals surface area contributed by atoms with Crippen LogP contribution in [0.4, 0.5) is 0 Å². The molecule has 1 saturated heterocycles. The van der Waals surface area contributed by atoms with Gasteiger partial charge >= 0.3 is 5.97 Å². The summed E-state index contributed by atoms with van der Waals surface area (Å²) >= 11 is 0. The first-order valence-corrected chi connectivity index (χ1v) is 7.30. The summed E-state index contributed by atoms with van der Waals surface area (Å²) in [7, 11) is 0. The molecule has 2 aliphatic rings. The van der Waals surface area contributed by atoms with Gasteiger partial charge in [0.15, 0.2) is 5.60 Å². The van der Waals surface area contributed by atoms with Crippen LogP contribution in [-0.2, 0) is 15.1 Å². The highest BCUT2D eigenvalue weighted by Gasteiger charge is 2.78. The van der Waals surface area contributed by atoms with Crippen molar-refractivity contribution in [2.75, 3.05) is 0 Å². The Morgan fingerprint density at radius 1 is 0.952 bits per heavy atom. The molecule has 1 aliphatic heterocycles. The van der Waals surface area contributed by atoms with E-state index in [1.165, 1.54) is 0 Å². The lowest BCUT2D eigenvalue weighted by Gasteiger charge is -2.12. The second-order valence-corrected chi connectivity index (χ2v) is 5.68. The molecule has 1 aliphatic carbocycles. The molecule has 0 aromatic heterocycles. The second kappa shape index (κ2) is 4.43. The van der Waals surface area contributed by atoms with Crippen LogP contribution in [0.3, 0.4) is 0 Å². The fourth-order valence-corrected chi connectivity index (χ4v) is 3.49. The quantitative estimate of drug-likeness (QED) is 0.491. The Morgan fingerprint density at radius 2 is 1.62 bits per heavy atom. The van der Waals surface area contributed by atoms with Crippen molar-refractivity contribution in [1.82, 2.24) is 0 Å². The van der Waals surface area contributed by atoms with Gasteiger partial charge in [-0.3, -0.25) is 0 Å². The highest BCUT2D eigenvalue weighted by molar-refractivity contribution is 5.88. The van der Waals surface area contributed by atoms with E-state index in [1.54, 1.807) is 12.1 Å². The Bertz CT molecular complexity index is 667. The van der Waals surface area contributed by atoms with E-state index in [4.69, 9.17) is 9.47 Å². The summed E-state index contributed by atoms with van der Waals surface area (Å²) in [4.78, 5) is 12.6. The Labute approximate surface area is 123 Å². The molecule has 0 radical (unpaired) electrons. The summed E-state index contributed by atoms with van der Waals surface area (Å²) in [5.74, 6) is 0.302. The van der Waals surface area contributed by atoms with E-state index in [2.05, 4.69) is 0 Å². The van der Waals surface area contributed by atoms with Crippen LogP contribution in [0.5, 0.6) is 5.75 Å². The fraction of sp³-hybridized carbons (Fsp3) is 0.278. The van der Waals surface area contributed by atoms with Crippen molar-refractivity contribution in [2.45, 2.75) is 30.5 Å². The normalized spacial score (nSPS) is 29.7. The van der Waals surface area contributed by atoms with Crippen LogP contribution in [0, 0.1) is 0 Å². The van der Waals surface area contributed by atoms with Gasteiger partial charge in [0.2, 0.25) is 0 Å². The Hall–Kier alpha value is -2.13. The number of hydrogen-bond acceptors (Lipinski definition) is 3. The molecule has 0 spiro atoms. The van der Waals surface area contributed by atoms with Gasteiger partial charge in [-0.1, -0.05) is 48.5 Å². The monoisotopic (exact) mass is 280 g/mol. The molecule has 1 saturated carbocycles. The van der Waals surface area contributed by atoms with Crippen LogP contribution in [0.15, 0.2) is 60.7 Å². The van der Waals surface area contributed by atoms with Crippen LogP contribution >= 0.6 is 0 Å². The molecule has 3 nitrogen and oxygen atoms in total. The third kappa shape index (κ3) is 1.74. The summed E-state index contributed by atoms with van der Waals surface area (Å²) in [6.45, 7) is 0. The number of carbonyl (C=O) groups excluding carboxylic acids is 1. The minimum Gasteiger partial charge on any atom is -0.424 e. The first kappa shape index (κ1) is 12.6. The van der Waals surface area contributed by atoms with Crippen LogP contribution < -0.4 is 4.74 Å². The Kier molecular flexibility index (Phi) is 2.66. The molecule has 21 heavy (non-hydrogen) atoms. The molecule has 0 N–H and O–H groups in total. The number of hydrogen-bond donors (Lipinski definition) is 0.